The third-order valence-corrected chi connectivity index (χ3v) is 2.89. The maximum Gasteiger partial charge on any atom is 0.353 e. The molecule has 2 rings (SSSR count). The molecule has 0 radical (unpaired) electrons. The van der Waals surface area contributed by atoms with Crippen LogP contribution < -0.4 is 10.2 Å². The number of nitro groups is 1. The average Bonchev–Trinajstić information content (AvgIpc) is 2.36. The quantitative estimate of drug-likeness (QED) is 0.687. The Bertz CT molecular complexity index is 665. The lowest BCUT2D eigenvalue weighted by atomic mass is 10.1. The van der Waals surface area contributed by atoms with Crippen LogP contribution in [0, 0.1) is 24.0 Å². The first-order valence-electron chi connectivity index (χ1n) is 6.40. The van der Waals surface area contributed by atoms with Crippen molar-refractivity contribution >= 4 is 23.0 Å². The van der Waals surface area contributed by atoms with Crippen LogP contribution in [-0.4, -0.2) is 29.0 Å². The van der Waals surface area contributed by atoms with Crippen LogP contribution in [0.1, 0.15) is 11.1 Å². The molecule has 2 aromatic rings. The molecule has 0 aliphatic heterocycles. The molecule has 0 atom stereocenters. The van der Waals surface area contributed by atoms with E-state index in [0.717, 1.165) is 16.8 Å². The zero-order chi connectivity index (χ0) is 15.6. The SMILES string of the molecule is Cc1cc(C)cc(Nc2ncnc(N(C)C)c2[N+](=O)[O-])c1. The number of nitrogens with one attached hydrogen (secondary N) is 1. The van der Waals surface area contributed by atoms with E-state index < -0.39 is 4.92 Å². The summed E-state index contributed by atoms with van der Waals surface area (Å²) in [4.78, 5) is 20.4. The summed E-state index contributed by atoms with van der Waals surface area (Å²) in [7, 11) is 3.41. The van der Waals surface area contributed by atoms with Crippen molar-refractivity contribution in [3.63, 3.8) is 0 Å². The van der Waals surface area contributed by atoms with Crippen LogP contribution in [-0.2, 0) is 0 Å². The maximum atomic E-state index is 11.3. The second kappa shape index (κ2) is 5.74. The molecule has 0 saturated heterocycles. The number of nitrogens with zero attached hydrogens (tertiary/aromatic N) is 4. The highest BCUT2D eigenvalue weighted by Crippen LogP contribution is 2.32. The van der Waals surface area contributed by atoms with E-state index in [4.69, 9.17) is 0 Å². The molecule has 0 bridgehead atoms. The Kier molecular flexibility index (Phi) is 4.02. The van der Waals surface area contributed by atoms with E-state index in [0.29, 0.717) is 0 Å². The molecule has 1 heterocycles. The highest BCUT2D eigenvalue weighted by Gasteiger charge is 2.24. The molecule has 1 N–H and O–H groups in total. The number of hydrogen-bond acceptors (Lipinski definition) is 6. The Balaban J connectivity index is 2.49. The van der Waals surface area contributed by atoms with Gasteiger partial charge in [0.25, 0.3) is 0 Å². The zero-order valence-electron chi connectivity index (χ0n) is 12.4. The fraction of sp³-hybridized carbons (Fsp3) is 0.286. The molecule has 1 aromatic carbocycles. The lowest BCUT2D eigenvalue weighted by molar-refractivity contribution is -0.383. The average molecular weight is 287 g/mol. The predicted molar refractivity (Wildman–Crippen MR) is 82.2 cm³/mol. The monoisotopic (exact) mass is 287 g/mol. The van der Waals surface area contributed by atoms with Crippen LogP contribution in [0.3, 0.4) is 0 Å². The van der Waals surface area contributed by atoms with Crippen molar-refractivity contribution in [3.05, 3.63) is 45.8 Å². The topological polar surface area (TPSA) is 84.2 Å². The van der Waals surface area contributed by atoms with Gasteiger partial charge in [-0.2, -0.15) is 0 Å². The standard InChI is InChI=1S/C14H17N5O2/c1-9-5-10(2)7-11(6-9)17-13-12(19(20)21)14(18(3)4)16-8-15-13/h5-8H,1-4H3,(H,15,16,17). The zero-order valence-corrected chi connectivity index (χ0v) is 12.4. The number of benzene rings is 1. The number of rotatable bonds is 4. The molecule has 0 fully saturated rings. The lowest BCUT2D eigenvalue weighted by Gasteiger charge is -2.14. The summed E-state index contributed by atoms with van der Waals surface area (Å²) in [5.74, 6) is 0.450. The summed E-state index contributed by atoms with van der Waals surface area (Å²) >= 11 is 0. The minimum atomic E-state index is -0.472. The molecule has 0 aliphatic carbocycles. The van der Waals surface area contributed by atoms with Gasteiger partial charge in [-0.05, 0) is 37.1 Å². The third-order valence-electron chi connectivity index (χ3n) is 2.89. The van der Waals surface area contributed by atoms with Crippen molar-refractivity contribution in [2.24, 2.45) is 0 Å². The highest BCUT2D eigenvalue weighted by molar-refractivity contribution is 5.74. The molecule has 110 valence electrons. The van der Waals surface area contributed by atoms with Crippen molar-refractivity contribution in [2.45, 2.75) is 13.8 Å². The second-order valence-corrected chi connectivity index (χ2v) is 5.05. The van der Waals surface area contributed by atoms with Crippen LogP contribution in [0.5, 0.6) is 0 Å². The first-order valence-corrected chi connectivity index (χ1v) is 6.40. The van der Waals surface area contributed by atoms with Gasteiger partial charge in [-0.1, -0.05) is 6.07 Å². The van der Waals surface area contributed by atoms with Crippen molar-refractivity contribution in [1.29, 1.82) is 0 Å². The van der Waals surface area contributed by atoms with E-state index in [2.05, 4.69) is 15.3 Å². The molecule has 7 heteroatoms. The van der Waals surface area contributed by atoms with Crippen LogP contribution in [0.25, 0.3) is 0 Å². The second-order valence-electron chi connectivity index (χ2n) is 5.05. The van der Waals surface area contributed by atoms with Gasteiger partial charge in [-0.25, -0.2) is 9.97 Å². The third kappa shape index (κ3) is 3.25. The Labute approximate surface area is 122 Å². The summed E-state index contributed by atoms with van der Waals surface area (Å²) in [6.45, 7) is 3.94. The van der Waals surface area contributed by atoms with Gasteiger partial charge in [-0.3, -0.25) is 10.1 Å². The Morgan fingerprint density at radius 2 is 1.76 bits per heavy atom. The van der Waals surface area contributed by atoms with Gasteiger partial charge in [0, 0.05) is 19.8 Å². The summed E-state index contributed by atoms with van der Waals surface area (Å²) in [6, 6.07) is 5.85. The summed E-state index contributed by atoms with van der Waals surface area (Å²) in [5, 5.41) is 14.3. The Hall–Kier alpha value is -2.70. The van der Waals surface area contributed by atoms with Crippen LogP contribution in [0.15, 0.2) is 24.5 Å². The van der Waals surface area contributed by atoms with E-state index in [-0.39, 0.29) is 17.3 Å². The van der Waals surface area contributed by atoms with Gasteiger partial charge in [0.15, 0.2) is 0 Å². The van der Waals surface area contributed by atoms with E-state index in [1.165, 1.54) is 6.33 Å². The maximum absolute atomic E-state index is 11.3. The van der Waals surface area contributed by atoms with Gasteiger partial charge in [-0.15, -0.1) is 0 Å². The molecule has 1 aromatic heterocycles. The summed E-state index contributed by atoms with van der Waals surface area (Å²) < 4.78 is 0. The van der Waals surface area contributed by atoms with Crippen molar-refractivity contribution in [1.82, 2.24) is 9.97 Å². The highest BCUT2D eigenvalue weighted by atomic mass is 16.6. The van der Waals surface area contributed by atoms with E-state index in [9.17, 15) is 10.1 Å². The fourth-order valence-corrected chi connectivity index (χ4v) is 2.14. The van der Waals surface area contributed by atoms with Gasteiger partial charge < -0.3 is 10.2 Å². The number of hydrogen-bond donors (Lipinski definition) is 1. The summed E-state index contributed by atoms with van der Waals surface area (Å²) in [6.07, 6.45) is 1.31. The summed E-state index contributed by atoms with van der Waals surface area (Å²) in [5.41, 5.74) is 2.77. The number of aryl methyl sites for hydroxylation is 2. The van der Waals surface area contributed by atoms with Gasteiger partial charge >= 0.3 is 5.69 Å². The fourth-order valence-electron chi connectivity index (χ4n) is 2.14. The minimum absolute atomic E-state index is 0.137. The minimum Gasteiger partial charge on any atom is -0.357 e. The predicted octanol–water partition coefficient (Wildman–Crippen LogP) is 2.81. The molecule has 0 amide bonds. The van der Waals surface area contributed by atoms with E-state index >= 15 is 0 Å². The van der Waals surface area contributed by atoms with E-state index in [1.807, 2.05) is 32.0 Å². The molecular formula is C14H17N5O2. The normalized spacial score (nSPS) is 10.3. The lowest BCUT2D eigenvalue weighted by Crippen LogP contribution is -2.14. The molecule has 0 saturated carbocycles. The molecular weight excluding hydrogens is 270 g/mol. The van der Waals surface area contributed by atoms with Crippen molar-refractivity contribution in [2.75, 3.05) is 24.3 Å². The van der Waals surface area contributed by atoms with Gasteiger partial charge in [0.1, 0.15) is 6.33 Å². The number of aromatic nitrogens is 2. The van der Waals surface area contributed by atoms with Gasteiger partial charge in [0.2, 0.25) is 11.6 Å². The van der Waals surface area contributed by atoms with Crippen LogP contribution in [0.4, 0.5) is 23.0 Å². The Morgan fingerprint density at radius 1 is 1.14 bits per heavy atom. The van der Waals surface area contributed by atoms with Crippen molar-refractivity contribution < 1.29 is 4.92 Å². The molecule has 0 spiro atoms. The number of anilines is 3. The molecule has 21 heavy (non-hydrogen) atoms. The first-order chi connectivity index (χ1) is 9.88. The largest absolute Gasteiger partial charge is 0.357 e. The molecule has 7 nitrogen and oxygen atoms in total. The Morgan fingerprint density at radius 3 is 2.29 bits per heavy atom. The van der Waals surface area contributed by atoms with Crippen LogP contribution in [0.2, 0.25) is 0 Å². The first kappa shape index (κ1) is 14.7. The molecule has 0 aliphatic rings. The van der Waals surface area contributed by atoms with Crippen LogP contribution >= 0.6 is 0 Å². The van der Waals surface area contributed by atoms with E-state index in [1.54, 1.807) is 19.0 Å². The van der Waals surface area contributed by atoms with Gasteiger partial charge in [0.05, 0.1) is 4.92 Å². The molecule has 0 unspecified atom stereocenters. The smallest absolute Gasteiger partial charge is 0.353 e. The van der Waals surface area contributed by atoms with Crippen molar-refractivity contribution in [3.8, 4) is 0 Å².